The predicted molar refractivity (Wildman–Crippen MR) is 73.5 cm³/mol. The van der Waals surface area contributed by atoms with Crippen molar-refractivity contribution < 1.29 is 4.92 Å². The van der Waals surface area contributed by atoms with Gasteiger partial charge in [0.25, 0.3) is 0 Å². The summed E-state index contributed by atoms with van der Waals surface area (Å²) in [5.74, 6) is 0.482. The van der Waals surface area contributed by atoms with E-state index in [1.54, 1.807) is 0 Å². The van der Waals surface area contributed by atoms with Crippen molar-refractivity contribution in [2.75, 3.05) is 11.2 Å². The molecule has 0 radical (unpaired) electrons. The molecule has 7 heteroatoms. The molecule has 2 heterocycles. The molecule has 104 valence electrons. The van der Waals surface area contributed by atoms with Gasteiger partial charge in [-0.25, -0.2) is 9.99 Å². The van der Waals surface area contributed by atoms with Gasteiger partial charge in [-0.3, -0.25) is 15.5 Å². The zero-order chi connectivity index (χ0) is 14.0. The molecule has 7 nitrogen and oxygen atoms in total. The van der Waals surface area contributed by atoms with Crippen molar-refractivity contribution in [2.45, 2.75) is 45.2 Å². The summed E-state index contributed by atoms with van der Waals surface area (Å²) in [6, 6.07) is 3.44. The van der Waals surface area contributed by atoms with Crippen molar-refractivity contribution in [3.05, 3.63) is 22.2 Å². The SMILES string of the molecule is CC1CCCC(C)N1Nc1nc(N)ccc1[N+](=O)[O-]. The van der Waals surface area contributed by atoms with Crippen LogP contribution in [0.1, 0.15) is 33.1 Å². The smallest absolute Gasteiger partial charge is 0.312 e. The second-order valence-corrected chi connectivity index (χ2v) is 5.01. The maximum atomic E-state index is 11.0. The van der Waals surface area contributed by atoms with Gasteiger partial charge < -0.3 is 5.73 Å². The van der Waals surface area contributed by atoms with Crippen molar-refractivity contribution >= 4 is 17.3 Å². The molecule has 1 aliphatic rings. The van der Waals surface area contributed by atoms with Crippen LogP contribution in [0, 0.1) is 10.1 Å². The lowest BCUT2D eigenvalue weighted by atomic mass is 10.00. The fraction of sp³-hybridized carbons (Fsp3) is 0.583. The molecule has 3 N–H and O–H groups in total. The standard InChI is InChI=1S/C12H19N5O2/c1-8-4-3-5-9(2)16(8)15-12-10(17(18)19)6-7-11(13)14-12/h6-9H,3-5H2,1-2H3,(H3,13,14,15). The number of hydrazine groups is 1. The lowest BCUT2D eigenvalue weighted by molar-refractivity contribution is -0.384. The molecule has 0 amide bonds. The summed E-state index contributed by atoms with van der Waals surface area (Å²) in [6.45, 7) is 4.20. The molecule has 0 saturated carbocycles. The number of nitro groups is 1. The number of anilines is 2. The van der Waals surface area contributed by atoms with Crippen LogP contribution in [0.25, 0.3) is 0 Å². The highest BCUT2D eigenvalue weighted by Crippen LogP contribution is 2.28. The van der Waals surface area contributed by atoms with E-state index in [2.05, 4.69) is 24.3 Å². The molecule has 0 bridgehead atoms. The topological polar surface area (TPSA) is 97.3 Å². The van der Waals surface area contributed by atoms with E-state index in [0.29, 0.717) is 12.1 Å². The Morgan fingerprint density at radius 3 is 2.63 bits per heavy atom. The first-order valence-electron chi connectivity index (χ1n) is 6.45. The van der Waals surface area contributed by atoms with Crippen molar-refractivity contribution in [3.63, 3.8) is 0 Å². The number of nitrogens with zero attached hydrogens (tertiary/aromatic N) is 3. The third kappa shape index (κ3) is 2.93. The Morgan fingerprint density at radius 1 is 1.42 bits per heavy atom. The second-order valence-electron chi connectivity index (χ2n) is 5.01. The number of nitrogens with two attached hydrogens (primary N) is 1. The fourth-order valence-electron chi connectivity index (χ4n) is 2.46. The van der Waals surface area contributed by atoms with E-state index in [1.165, 1.54) is 18.6 Å². The van der Waals surface area contributed by atoms with E-state index in [9.17, 15) is 10.1 Å². The van der Waals surface area contributed by atoms with E-state index in [4.69, 9.17) is 5.73 Å². The molecule has 2 rings (SSSR count). The van der Waals surface area contributed by atoms with Gasteiger partial charge in [-0.2, -0.15) is 0 Å². The molecule has 1 aromatic heterocycles. The molecule has 2 unspecified atom stereocenters. The summed E-state index contributed by atoms with van der Waals surface area (Å²) in [4.78, 5) is 14.6. The third-order valence-electron chi connectivity index (χ3n) is 3.52. The van der Waals surface area contributed by atoms with Crippen LogP contribution in [0.15, 0.2) is 12.1 Å². The summed E-state index contributed by atoms with van der Waals surface area (Å²) >= 11 is 0. The van der Waals surface area contributed by atoms with E-state index >= 15 is 0 Å². The maximum Gasteiger partial charge on any atom is 0.312 e. The van der Waals surface area contributed by atoms with Crippen molar-refractivity contribution in [1.82, 2.24) is 9.99 Å². The molecule has 0 aromatic carbocycles. The molecule has 1 fully saturated rings. The van der Waals surface area contributed by atoms with Gasteiger partial charge in [-0.05, 0) is 32.8 Å². The van der Waals surface area contributed by atoms with Gasteiger partial charge in [0.2, 0.25) is 5.82 Å². The first-order chi connectivity index (χ1) is 8.99. The highest BCUT2D eigenvalue weighted by atomic mass is 16.6. The summed E-state index contributed by atoms with van der Waals surface area (Å²) in [6.07, 6.45) is 3.30. The Balaban J connectivity index is 2.26. The highest BCUT2D eigenvalue weighted by molar-refractivity contribution is 5.58. The van der Waals surface area contributed by atoms with Gasteiger partial charge in [0, 0.05) is 18.2 Å². The summed E-state index contributed by atoms with van der Waals surface area (Å²) in [5, 5.41) is 13.0. The Labute approximate surface area is 111 Å². The molecule has 2 atom stereocenters. The van der Waals surface area contributed by atoms with E-state index in [-0.39, 0.29) is 17.3 Å². The quantitative estimate of drug-likeness (QED) is 0.642. The van der Waals surface area contributed by atoms with E-state index < -0.39 is 4.92 Å². The van der Waals surface area contributed by atoms with E-state index in [1.807, 2.05) is 5.01 Å². The van der Waals surface area contributed by atoms with Crippen LogP contribution in [-0.4, -0.2) is 27.0 Å². The molecule has 1 saturated heterocycles. The predicted octanol–water partition coefficient (Wildman–Crippen LogP) is 2.16. The zero-order valence-corrected chi connectivity index (χ0v) is 11.2. The number of pyridine rings is 1. The van der Waals surface area contributed by atoms with Crippen molar-refractivity contribution in [2.24, 2.45) is 0 Å². The summed E-state index contributed by atoms with van der Waals surface area (Å²) in [7, 11) is 0. The first-order valence-corrected chi connectivity index (χ1v) is 6.45. The highest BCUT2D eigenvalue weighted by Gasteiger charge is 2.27. The lowest BCUT2D eigenvalue weighted by Crippen LogP contribution is -2.47. The maximum absolute atomic E-state index is 11.0. The Kier molecular flexibility index (Phi) is 3.84. The van der Waals surface area contributed by atoms with Gasteiger partial charge in [-0.15, -0.1) is 0 Å². The normalized spacial score (nSPS) is 24.1. The average Bonchev–Trinajstić information content (AvgIpc) is 2.33. The Morgan fingerprint density at radius 2 is 2.05 bits per heavy atom. The number of piperidine rings is 1. The third-order valence-corrected chi connectivity index (χ3v) is 3.52. The van der Waals surface area contributed by atoms with Gasteiger partial charge in [0.05, 0.1) is 4.92 Å². The second kappa shape index (κ2) is 5.40. The van der Waals surface area contributed by atoms with Crippen LogP contribution in [0.2, 0.25) is 0 Å². The van der Waals surface area contributed by atoms with Gasteiger partial charge >= 0.3 is 5.69 Å². The minimum atomic E-state index is -0.450. The summed E-state index contributed by atoms with van der Waals surface area (Å²) in [5.41, 5.74) is 8.63. The Hall–Kier alpha value is -1.89. The van der Waals surface area contributed by atoms with Gasteiger partial charge in [0.15, 0.2) is 0 Å². The van der Waals surface area contributed by atoms with Crippen LogP contribution >= 0.6 is 0 Å². The van der Waals surface area contributed by atoms with Crippen LogP contribution < -0.4 is 11.2 Å². The lowest BCUT2D eigenvalue weighted by Gasteiger charge is -2.38. The fourth-order valence-corrected chi connectivity index (χ4v) is 2.46. The van der Waals surface area contributed by atoms with Crippen molar-refractivity contribution in [3.8, 4) is 0 Å². The van der Waals surface area contributed by atoms with E-state index in [0.717, 1.165) is 12.8 Å². The molecule has 19 heavy (non-hydrogen) atoms. The van der Waals surface area contributed by atoms with Crippen LogP contribution in [0.5, 0.6) is 0 Å². The zero-order valence-electron chi connectivity index (χ0n) is 11.2. The number of aromatic nitrogens is 1. The Bertz CT molecular complexity index is 469. The van der Waals surface area contributed by atoms with Crippen LogP contribution in [0.4, 0.5) is 17.3 Å². The largest absolute Gasteiger partial charge is 0.384 e. The molecule has 0 aliphatic carbocycles. The number of hydrogen-bond acceptors (Lipinski definition) is 6. The molecule has 0 spiro atoms. The van der Waals surface area contributed by atoms with Crippen LogP contribution in [-0.2, 0) is 0 Å². The molecular formula is C12H19N5O2. The molecular weight excluding hydrogens is 246 g/mol. The van der Waals surface area contributed by atoms with Gasteiger partial charge in [0.1, 0.15) is 5.82 Å². The molecule has 1 aliphatic heterocycles. The van der Waals surface area contributed by atoms with Crippen molar-refractivity contribution in [1.29, 1.82) is 0 Å². The number of hydrogen-bond donors (Lipinski definition) is 2. The average molecular weight is 265 g/mol. The number of nitrogen functional groups attached to an aromatic ring is 1. The summed E-state index contributed by atoms with van der Waals surface area (Å²) < 4.78 is 0. The molecule has 1 aromatic rings. The monoisotopic (exact) mass is 265 g/mol. The van der Waals surface area contributed by atoms with Crippen LogP contribution in [0.3, 0.4) is 0 Å². The number of rotatable bonds is 3. The number of nitrogens with one attached hydrogen (secondary N) is 1. The first kappa shape index (κ1) is 13.5. The minimum absolute atomic E-state index is 0.0563. The minimum Gasteiger partial charge on any atom is -0.384 e. The van der Waals surface area contributed by atoms with Gasteiger partial charge in [-0.1, -0.05) is 6.42 Å².